The van der Waals surface area contributed by atoms with Gasteiger partial charge in [0.1, 0.15) is 0 Å². The molecule has 0 aliphatic heterocycles. The molecule has 1 heterocycles. The van der Waals surface area contributed by atoms with Crippen molar-refractivity contribution < 1.29 is 0 Å². The number of nitrogens with zero attached hydrogens (tertiary/aromatic N) is 3. The number of aromatic nitrogens is 1. The van der Waals surface area contributed by atoms with Gasteiger partial charge in [-0.25, -0.2) is 0 Å². The molecule has 78 valence electrons. The standard InChI is InChI=1S/C11H19N3/c1-13(2)8-10-6-5-7-12-11(10)9-14(3)4/h5-7H,8-9H2,1-4H3. The summed E-state index contributed by atoms with van der Waals surface area (Å²) in [5.74, 6) is 0. The molecule has 0 amide bonds. The minimum absolute atomic E-state index is 0.907. The summed E-state index contributed by atoms with van der Waals surface area (Å²) in [6.45, 7) is 1.86. The largest absolute Gasteiger partial charge is 0.305 e. The molecule has 3 nitrogen and oxygen atoms in total. The van der Waals surface area contributed by atoms with Crippen LogP contribution in [-0.2, 0) is 13.1 Å². The molecule has 0 fully saturated rings. The number of hydrogen-bond acceptors (Lipinski definition) is 3. The van der Waals surface area contributed by atoms with E-state index in [2.05, 4.69) is 49.0 Å². The van der Waals surface area contributed by atoms with E-state index in [-0.39, 0.29) is 0 Å². The molecule has 1 rings (SSSR count). The fraction of sp³-hybridized carbons (Fsp3) is 0.545. The molecule has 1 aromatic heterocycles. The summed E-state index contributed by atoms with van der Waals surface area (Å²) in [6.07, 6.45) is 1.86. The molecule has 14 heavy (non-hydrogen) atoms. The van der Waals surface area contributed by atoms with Crippen LogP contribution in [0.2, 0.25) is 0 Å². The fourth-order valence-corrected chi connectivity index (χ4v) is 1.40. The Morgan fingerprint density at radius 3 is 2.29 bits per heavy atom. The van der Waals surface area contributed by atoms with Crippen molar-refractivity contribution in [2.24, 2.45) is 0 Å². The average Bonchev–Trinajstić information content (AvgIpc) is 2.06. The highest BCUT2D eigenvalue weighted by molar-refractivity contribution is 5.19. The fourth-order valence-electron chi connectivity index (χ4n) is 1.40. The van der Waals surface area contributed by atoms with Gasteiger partial charge in [0.15, 0.2) is 0 Å². The maximum absolute atomic E-state index is 4.40. The third-order valence-corrected chi connectivity index (χ3v) is 1.94. The molecule has 0 bridgehead atoms. The quantitative estimate of drug-likeness (QED) is 0.716. The molecular weight excluding hydrogens is 174 g/mol. The van der Waals surface area contributed by atoms with Crippen molar-refractivity contribution in [1.82, 2.24) is 14.8 Å². The third-order valence-electron chi connectivity index (χ3n) is 1.94. The van der Waals surface area contributed by atoms with Crippen LogP contribution in [0, 0.1) is 0 Å². The Labute approximate surface area is 86.4 Å². The topological polar surface area (TPSA) is 19.4 Å². The van der Waals surface area contributed by atoms with Crippen LogP contribution in [0.1, 0.15) is 11.3 Å². The zero-order valence-corrected chi connectivity index (χ0v) is 9.49. The van der Waals surface area contributed by atoms with Gasteiger partial charge in [-0.3, -0.25) is 4.98 Å². The average molecular weight is 193 g/mol. The van der Waals surface area contributed by atoms with Crippen LogP contribution in [-0.4, -0.2) is 43.0 Å². The minimum atomic E-state index is 0.907. The lowest BCUT2D eigenvalue weighted by Gasteiger charge is -2.15. The summed E-state index contributed by atoms with van der Waals surface area (Å²) < 4.78 is 0. The Balaban J connectivity index is 2.80. The molecule has 0 saturated heterocycles. The van der Waals surface area contributed by atoms with Gasteiger partial charge >= 0.3 is 0 Å². The van der Waals surface area contributed by atoms with Gasteiger partial charge in [0.2, 0.25) is 0 Å². The SMILES string of the molecule is CN(C)Cc1cccnc1CN(C)C. The number of hydrogen-bond donors (Lipinski definition) is 0. The lowest BCUT2D eigenvalue weighted by Crippen LogP contribution is -2.17. The molecule has 0 atom stereocenters. The lowest BCUT2D eigenvalue weighted by atomic mass is 10.2. The first-order valence-corrected chi connectivity index (χ1v) is 4.82. The summed E-state index contributed by atoms with van der Waals surface area (Å²) in [5.41, 5.74) is 2.48. The Morgan fingerprint density at radius 2 is 1.71 bits per heavy atom. The normalized spacial score (nSPS) is 11.3. The minimum Gasteiger partial charge on any atom is -0.305 e. The molecule has 0 radical (unpaired) electrons. The summed E-state index contributed by atoms with van der Waals surface area (Å²) in [6, 6.07) is 4.14. The molecule has 0 aromatic carbocycles. The molecule has 0 unspecified atom stereocenters. The van der Waals surface area contributed by atoms with Crippen molar-refractivity contribution in [3.05, 3.63) is 29.6 Å². The molecule has 0 aliphatic carbocycles. The van der Waals surface area contributed by atoms with Gasteiger partial charge < -0.3 is 9.80 Å². The van der Waals surface area contributed by atoms with Crippen LogP contribution >= 0.6 is 0 Å². The second-order valence-electron chi connectivity index (χ2n) is 4.08. The Morgan fingerprint density at radius 1 is 1.07 bits per heavy atom. The van der Waals surface area contributed by atoms with Gasteiger partial charge in [-0.2, -0.15) is 0 Å². The maximum atomic E-state index is 4.40. The van der Waals surface area contributed by atoms with E-state index in [1.54, 1.807) is 0 Å². The van der Waals surface area contributed by atoms with E-state index in [0.717, 1.165) is 13.1 Å². The summed E-state index contributed by atoms with van der Waals surface area (Å²) in [4.78, 5) is 8.71. The Bertz CT molecular complexity index is 253. The number of rotatable bonds is 4. The molecular formula is C11H19N3. The van der Waals surface area contributed by atoms with Gasteiger partial charge in [0.05, 0.1) is 5.69 Å². The van der Waals surface area contributed by atoms with Gasteiger partial charge in [-0.1, -0.05) is 6.07 Å². The van der Waals surface area contributed by atoms with Crippen LogP contribution in [0.25, 0.3) is 0 Å². The molecule has 0 saturated carbocycles. The first-order valence-electron chi connectivity index (χ1n) is 4.82. The van der Waals surface area contributed by atoms with Crippen molar-refractivity contribution in [2.45, 2.75) is 13.1 Å². The second-order valence-corrected chi connectivity index (χ2v) is 4.08. The number of pyridine rings is 1. The highest BCUT2D eigenvalue weighted by Gasteiger charge is 2.04. The lowest BCUT2D eigenvalue weighted by molar-refractivity contribution is 0.376. The maximum Gasteiger partial charge on any atom is 0.0588 e. The predicted octanol–water partition coefficient (Wildman–Crippen LogP) is 1.20. The van der Waals surface area contributed by atoms with E-state index in [1.807, 2.05) is 12.3 Å². The molecule has 3 heteroatoms. The zero-order valence-electron chi connectivity index (χ0n) is 9.49. The van der Waals surface area contributed by atoms with E-state index in [4.69, 9.17) is 0 Å². The van der Waals surface area contributed by atoms with Crippen LogP contribution in [0.3, 0.4) is 0 Å². The third kappa shape index (κ3) is 3.44. The zero-order chi connectivity index (χ0) is 10.6. The first-order chi connectivity index (χ1) is 6.59. The van der Waals surface area contributed by atoms with Crippen molar-refractivity contribution in [3.63, 3.8) is 0 Å². The molecule has 1 aromatic rings. The van der Waals surface area contributed by atoms with Gasteiger partial charge in [-0.05, 0) is 39.8 Å². The van der Waals surface area contributed by atoms with Crippen LogP contribution in [0.15, 0.2) is 18.3 Å². The highest BCUT2D eigenvalue weighted by Crippen LogP contribution is 2.08. The van der Waals surface area contributed by atoms with E-state index in [0.29, 0.717) is 0 Å². The van der Waals surface area contributed by atoms with Crippen molar-refractivity contribution in [1.29, 1.82) is 0 Å². The summed E-state index contributed by atoms with van der Waals surface area (Å²) in [7, 11) is 8.28. The second kappa shape index (κ2) is 5.08. The van der Waals surface area contributed by atoms with Crippen molar-refractivity contribution in [3.8, 4) is 0 Å². The Hall–Kier alpha value is -0.930. The van der Waals surface area contributed by atoms with Gasteiger partial charge in [0, 0.05) is 19.3 Å². The summed E-state index contributed by atoms with van der Waals surface area (Å²) >= 11 is 0. The van der Waals surface area contributed by atoms with Crippen LogP contribution < -0.4 is 0 Å². The van der Waals surface area contributed by atoms with Gasteiger partial charge in [0.25, 0.3) is 0 Å². The van der Waals surface area contributed by atoms with E-state index < -0.39 is 0 Å². The molecule has 0 aliphatic rings. The van der Waals surface area contributed by atoms with Gasteiger partial charge in [-0.15, -0.1) is 0 Å². The Kier molecular flexibility index (Phi) is 4.04. The van der Waals surface area contributed by atoms with Crippen LogP contribution in [0.5, 0.6) is 0 Å². The van der Waals surface area contributed by atoms with Crippen molar-refractivity contribution >= 4 is 0 Å². The highest BCUT2D eigenvalue weighted by atomic mass is 15.1. The molecule has 0 spiro atoms. The van der Waals surface area contributed by atoms with Crippen molar-refractivity contribution in [2.75, 3.05) is 28.2 Å². The van der Waals surface area contributed by atoms with E-state index in [9.17, 15) is 0 Å². The predicted molar refractivity (Wildman–Crippen MR) is 59.0 cm³/mol. The van der Waals surface area contributed by atoms with E-state index >= 15 is 0 Å². The van der Waals surface area contributed by atoms with Crippen LogP contribution in [0.4, 0.5) is 0 Å². The first kappa shape index (κ1) is 11.1. The summed E-state index contributed by atoms with van der Waals surface area (Å²) in [5, 5.41) is 0. The monoisotopic (exact) mass is 193 g/mol. The van der Waals surface area contributed by atoms with E-state index in [1.165, 1.54) is 11.3 Å². The smallest absolute Gasteiger partial charge is 0.0588 e. The molecule has 0 N–H and O–H groups in total.